The number of ether oxygens (including phenoxy) is 1. The Bertz CT molecular complexity index is 676. The molecule has 0 amide bonds. The van der Waals surface area contributed by atoms with Crippen LogP contribution in [0.2, 0.25) is 0 Å². The lowest BCUT2D eigenvalue weighted by Gasteiger charge is -2.18. The zero-order chi connectivity index (χ0) is 21.3. The molecule has 2 N–H and O–H groups in total. The molecule has 5 heteroatoms. The first-order valence-corrected chi connectivity index (χ1v) is 10.9. The lowest BCUT2D eigenvalue weighted by Crippen LogP contribution is -2.23. The van der Waals surface area contributed by atoms with Crippen LogP contribution < -0.4 is 0 Å². The van der Waals surface area contributed by atoms with Crippen molar-refractivity contribution in [3.63, 3.8) is 0 Å². The van der Waals surface area contributed by atoms with Gasteiger partial charge in [-0.1, -0.05) is 31.4 Å². The first-order chi connectivity index (χ1) is 13.8. The third-order valence-corrected chi connectivity index (χ3v) is 6.18. The average Bonchev–Trinajstić information content (AvgIpc) is 3.43. The molecule has 5 nitrogen and oxygen atoms in total. The van der Waals surface area contributed by atoms with Crippen LogP contribution in [0.25, 0.3) is 0 Å². The van der Waals surface area contributed by atoms with Gasteiger partial charge in [-0.25, -0.2) is 0 Å². The van der Waals surface area contributed by atoms with Crippen molar-refractivity contribution in [2.45, 2.75) is 96.5 Å². The summed E-state index contributed by atoms with van der Waals surface area (Å²) in [6.07, 6.45) is 11.4. The van der Waals surface area contributed by atoms with Gasteiger partial charge < -0.3 is 14.9 Å². The number of carbonyl (C=O) groups excluding carboxylic acids is 1. The molecular formula is C24H36O5. The number of hydrogen-bond donors (Lipinski definition) is 2. The Balaban J connectivity index is 1.62. The van der Waals surface area contributed by atoms with Crippen LogP contribution in [0.3, 0.4) is 0 Å². The van der Waals surface area contributed by atoms with Crippen molar-refractivity contribution in [1.29, 1.82) is 0 Å². The van der Waals surface area contributed by atoms with Gasteiger partial charge in [0.2, 0.25) is 0 Å². The van der Waals surface area contributed by atoms with Crippen LogP contribution in [0.4, 0.5) is 0 Å². The second kappa shape index (κ2) is 10.7. The molecule has 1 aromatic carbocycles. The summed E-state index contributed by atoms with van der Waals surface area (Å²) in [6, 6.07) is 6.00. The average molecular weight is 405 g/mol. The first-order valence-electron chi connectivity index (χ1n) is 10.9. The van der Waals surface area contributed by atoms with E-state index in [4.69, 9.17) is 9.84 Å². The normalized spacial score (nSPS) is 15.1. The molecule has 1 fully saturated rings. The smallest absolute Gasteiger partial charge is 0.309 e. The molecule has 1 aliphatic carbocycles. The molecule has 0 radical (unpaired) electrons. The Morgan fingerprint density at radius 2 is 1.79 bits per heavy atom. The minimum atomic E-state index is -0.727. The molecule has 0 spiro atoms. The predicted molar refractivity (Wildman–Crippen MR) is 113 cm³/mol. The van der Waals surface area contributed by atoms with E-state index in [1.54, 1.807) is 13.8 Å². The van der Waals surface area contributed by atoms with E-state index < -0.39 is 11.4 Å². The highest BCUT2D eigenvalue weighted by atomic mass is 16.5. The van der Waals surface area contributed by atoms with Crippen LogP contribution in [0.1, 0.15) is 89.2 Å². The Kier molecular flexibility index (Phi) is 8.54. The van der Waals surface area contributed by atoms with Crippen molar-refractivity contribution < 1.29 is 24.5 Å². The SMILES string of the molecule is CC(C)(CCCCCCc1ccc(CCCCC2(OC=O)CC2)c(O)c1)C(=O)O. The van der Waals surface area contributed by atoms with E-state index in [9.17, 15) is 14.7 Å². The summed E-state index contributed by atoms with van der Waals surface area (Å²) in [7, 11) is 0. The van der Waals surface area contributed by atoms with Gasteiger partial charge >= 0.3 is 5.97 Å². The van der Waals surface area contributed by atoms with Crippen molar-refractivity contribution in [1.82, 2.24) is 0 Å². The fourth-order valence-electron chi connectivity index (χ4n) is 3.76. The number of hydrogen-bond acceptors (Lipinski definition) is 4. The number of unbranched alkanes of at least 4 members (excludes halogenated alkanes) is 4. The van der Waals surface area contributed by atoms with Crippen molar-refractivity contribution in [3.05, 3.63) is 29.3 Å². The molecule has 0 aromatic heterocycles. The number of carbonyl (C=O) groups is 2. The topological polar surface area (TPSA) is 83.8 Å². The maximum atomic E-state index is 11.1. The second-order valence-electron chi connectivity index (χ2n) is 9.17. The fourth-order valence-corrected chi connectivity index (χ4v) is 3.76. The number of aromatic hydroxyl groups is 1. The Hall–Kier alpha value is -2.04. The number of rotatable bonds is 15. The van der Waals surface area contributed by atoms with Crippen LogP contribution in [0.5, 0.6) is 5.75 Å². The molecule has 29 heavy (non-hydrogen) atoms. The fraction of sp³-hybridized carbons (Fsp3) is 0.667. The van der Waals surface area contributed by atoms with E-state index in [0.717, 1.165) is 81.8 Å². The molecule has 0 heterocycles. The molecule has 2 rings (SSSR count). The van der Waals surface area contributed by atoms with Gasteiger partial charge in [0.05, 0.1) is 5.41 Å². The molecule has 0 bridgehead atoms. The highest BCUT2D eigenvalue weighted by molar-refractivity contribution is 5.73. The van der Waals surface area contributed by atoms with E-state index in [-0.39, 0.29) is 5.60 Å². The summed E-state index contributed by atoms with van der Waals surface area (Å²) in [5.74, 6) is -0.356. The Morgan fingerprint density at radius 1 is 1.10 bits per heavy atom. The minimum Gasteiger partial charge on any atom is -0.508 e. The van der Waals surface area contributed by atoms with E-state index in [0.29, 0.717) is 18.6 Å². The lowest BCUT2D eigenvalue weighted by molar-refractivity contribution is -0.147. The van der Waals surface area contributed by atoms with Crippen molar-refractivity contribution in [2.75, 3.05) is 0 Å². The van der Waals surface area contributed by atoms with Gasteiger partial charge in [0.25, 0.3) is 6.47 Å². The van der Waals surface area contributed by atoms with Gasteiger partial charge in [-0.15, -0.1) is 0 Å². The molecule has 162 valence electrons. The highest BCUT2D eigenvalue weighted by Gasteiger charge is 2.44. The van der Waals surface area contributed by atoms with Crippen LogP contribution in [0.15, 0.2) is 18.2 Å². The van der Waals surface area contributed by atoms with Crippen LogP contribution in [0, 0.1) is 5.41 Å². The molecule has 0 atom stereocenters. The van der Waals surface area contributed by atoms with Crippen LogP contribution in [-0.4, -0.2) is 28.3 Å². The summed E-state index contributed by atoms with van der Waals surface area (Å²) in [5.41, 5.74) is 1.30. The molecular weight excluding hydrogens is 368 g/mol. The lowest BCUT2D eigenvalue weighted by atomic mass is 9.87. The summed E-state index contributed by atoms with van der Waals surface area (Å²) < 4.78 is 5.17. The number of benzene rings is 1. The van der Waals surface area contributed by atoms with E-state index in [1.165, 1.54) is 0 Å². The Labute approximate surface area is 174 Å². The van der Waals surface area contributed by atoms with Crippen molar-refractivity contribution in [2.24, 2.45) is 5.41 Å². The molecule has 1 saturated carbocycles. The standard InChI is InChI=1S/C24H36O5/c1-23(2,22(27)28)13-7-4-3-5-9-19-11-12-20(21(26)17-19)10-6-8-14-24(15-16-24)29-18-25/h11-12,17-18,26H,3-10,13-16H2,1-2H3,(H,27,28). The molecule has 0 aliphatic heterocycles. The quantitative estimate of drug-likeness (QED) is 0.301. The van der Waals surface area contributed by atoms with Gasteiger partial charge in [-0.05, 0) is 88.8 Å². The highest BCUT2D eigenvalue weighted by Crippen LogP contribution is 2.43. The maximum absolute atomic E-state index is 11.1. The number of carboxylic acid groups (broad SMARTS) is 1. The third-order valence-electron chi connectivity index (χ3n) is 6.18. The van der Waals surface area contributed by atoms with Gasteiger partial charge in [-0.2, -0.15) is 0 Å². The largest absolute Gasteiger partial charge is 0.508 e. The van der Waals surface area contributed by atoms with Crippen molar-refractivity contribution >= 4 is 12.4 Å². The minimum absolute atomic E-state index is 0.184. The summed E-state index contributed by atoms with van der Waals surface area (Å²) >= 11 is 0. The molecule has 0 saturated heterocycles. The van der Waals surface area contributed by atoms with Gasteiger partial charge in [0.15, 0.2) is 0 Å². The van der Waals surface area contributed by atoms with E-state index >= 15 is 0 Å². The number of aryl methyl sites for hydroxylation is 2. The molecule has 1 aliphatic rings. The third kappa shape index (κ3) is 7.71. The summed E-state index contributed by atoms with van der Waals surface area (Å²) in [4.78, 5) is 21.6. The second-order valence-corrected chi connectivity index (χ2v) is 9.17. The monoisotopic (exact) mass is 404 g/mol. The van der Waals surface area contributed by atoms with E-state index in [1.807, 2.05) is 12.1 Å². The van der Waals surface area contributed by atoms with Crippen molar-refractivity contribution in [3.8, 4) is 5.75 Å². The number of phenolic OH excluding ortho intramolecular Hbond substituents is 1. The zero-order valence-electron chi connectivity index (χ0n) is 17.9. The Morgan fingerprint density at radius 3 is 2.41 bits per heavy atom. The molecule has 0 unspecified atom stereocenters. The zero-order valence-corrected chi connectivity index (χ0v) is 17.9. The summed E-state index contributed by atoms with van der Waals surface area (Å²) in [5, 5.41) is 19.4. The van der Waals surface area contributed by atoms with Gasteiger partial charge in [0, 0.05) is 0 Å². The van der Waals surface area contributed by atoms with Crippen LogP contribution in [-0.2, 0) is 27.2 Å². The van der Waals surface area contributed by atoms with Crippen LogP contribution >= 0.6 is 0 Å². The number of carboxylic acids is 1. The summed E-state index contributed by atoms with van der Waals surface area (Å²) in [6.45, 7) is 4.12. The van der Waals surface area contributed by atoms with Gasteiger partial charge in [0.1, 0.15) is 11.4 Å². The number of phenols is 1. The van der Waals surface area contributed by atoms with E-state index in [2.05, 4.69) is 6.07 Å². The number of aliphatic carboxylic acids is 1. The first kappa shape index (κ1) is 23.2. The maximum Gasteiger partial charge on any atom is 0.309 e. The molecule has 1 aromatic rings. The predicted octanol–water partition coefficient (Wildman–Crippen LogP) is 5.41. The van der Waals surface area contributed by atoms with Gasteiger partial charge in [-0.3, -0.25) is 9.59 Å².